The lowest BCUT2D eigenvalue weighted by Crippen LogP contribution is -2.69. The van der Waals surface area contributed by atoms with Gasteiger partial charge in [-0.3, -0.25) is 0 Å². The molecule has 66 heavy (non-hydrogen) atoms. The Morgan fingerprint density at radius 2 is 0.439 bits per heavy atom. The van der Waals surface area contributed by atoms with Crippen LogP contribution in [0.15, 0.2) is 0 Å². The van der Waals surface area contributed by atoms with Crippen LogP contribution in [-0.2, 0) is 66.3 Å². The Kier molecular flexibility index (Phi) is 17.6. The first-order valence-electron chi connectivity index (χ1n) is 20.9. The van der Waals surface area contributed by atoms with Crippen molar-refractivity contribution in [3.05, 3.63) is 0 Å². The van der Waals surface area contributed by atoms with E-state index >= 15 is 0 Å². The van der Waals surface area contributed by atoms with E-state index in [1.54, 1.807) is 0 Å². The molecule has 12 unspecified atom stereocenters. The summed E-state index contributed by atoms with van der Waals surface area (Å²) in [5.74, 6) is 0. The van der Waals surface area contributed by atoms with E-state index in [1.807, 2.05) is 0 Å². The summed E-state index contributed by atoms with van der Waals surface area (Å²) in [6, 6.07) is 0. The van der Waals surface area contributed by atoms with Crippen LogP contribution in [0.1, 0.15) is 0 Å². The van der Waals surface area contributed by atoms with E-state index in [0.29, 0.717) is 0 Å². The van der Waals surface area contributed by atoms with Crippen molar-refractivity contribution >= 4 is 0 Å². The molecular formula is C36H60O30. The van der Waals surface area contributed by atoms with Gasteiger partial charge in [-0.2, -0.15) is 0 Å². The minimum atomic E-state index is -2.13. The maximum absolute atomic E-state index is 11.3. The first-order valence-corrected chi connectivity index (χ1v) is 20.9. The zero-order chi connectivity index (χ0) is 48.0. The van der Waals surface area contributed by atoms with Crippen LogP contribution in [0.4, 0.5) is 0 Å². The van der Waals surface area contributed by atoms with Crippen molar-refractivity contribution in [2.45, 2.75) is 185 Å². The molecule has 22 aliphatic rings. The van der Waals surface area contributed by atoms with Crippen molar-refractivity contribution in [3.8, 4) is 0 Å². The molecule has 12 bridgehead atoms. The second kappa shape index (κ2) is 22.1. The van der Waals surface area contributed by atoms with Gasteiger partial charge in [0.25, 0.3) is 0 Å². The number of hydrogen-bond donors (Lipinski definition) is 16. The fourth-order valence-electron chi connectivity index (χ4n) is 8.77. The number of aliphatic hydroxyl groups is 16. The third kappa shape index (κ3) is 10.0. The number of ether oxygens (including phenoxy) is 14. The van der Waals surface area contributed by atoms with Crippen LogP contribution in [0.5, 0.6) is 0 Å². The van der Waals surface area contributed by atoms with Gasteiger partial charge < -0.3 is 148 Å². The summed E-state index contributed by atoms with van der Waals surface area (Å²) in [5, 5.41) is 176. The summed E-state index contributed by atoms with van der Waals surface area (Å²) in [4.78, 5) is 0. The molecule has 22 heterocycles. The van der Waals surface area contributed by atoms with Crippen molar-refractivity contribution < 1.29 is 148 Å². The molecule has 22 saturated heterocycles. The number of aliphatic hydroxyl groups excluding tert-OH is 16. The Balaban J connectivity index is 1.19. The van der Waals surface area contributed by atoms with Crippen molar-refractivity contribution in [1.29, 1.82) is 0 Å². The number of hydrogen-bond acceptors (Lipinski definition) is 30. The monoisotopic (exact) mass is 972 g/mol. The Bertz CT molecular complexity index is 1230. The van der Waals surface area contributed by atoms with Gasteiger partial charge in [0.05, 0.1) is 26.4 Å². The third-order valence-corrected chi connectivity index (χ3v) is 12.5. The minimum Gasteiger partial charge on any atom is -0.394 e. The Morgan fingerprint density at radius 3 is 0.636 bits per heavy atom. The van der Waals surface area contributed by atoms with E-state index in [4.69, 9.17) is 66.3 Å². The van der Waals surface area contributed by atoms with Crippen LogP contribution >= 0.6 is 0 Å². The molecule has 0 aromatic rings. The molecule has 0 spiro atoms. The zero-order valence-corrected chi connectivity index (χ0v) is 35.0. The first-order chi connectivity index (χ1) is 31.4. The molecule has 0 saturated carbocycles. The molecule has 22 rings (SSSR count). The van der Waals surface area contributed by atoms with Crippen LogP contribution < -0.4 is 0 Å². The summed E-state index contributed by atoms with van der Waals surface area (Å²) < 4.78 is 78.9. The average Bonchev–Trinajstić information content (AvgIpc) is 3.31. The summed E-state index contributed by atoms with van der Waals surface area (Å²) in [5.41, 5.74) is 0. The molecule has 22 fully saturated rings. The molecule has 16 N–H and O–H groups in total. The van der Waals surface area contributed by atoms with E-state index in [9.17, 15) is 81.7 Å². The normalized spacial score (nSPS) is 55.4. The van der Waals surface area contributed by atoms with Gasteiger partial charge in [0, 0.05) is 14.2 Å². The van der Waals surface area contributed by atoms with E-state index in [1.165, 1.54) is 0 Å². The van der Waals surface area contributed by atoms with Crippen molar-refractivity contribution in [2.24, 2.45) is 0 Å². The van der Waals surface area contributed by atoms with E-state index in [-0.39, 0.29) is 0 Å². The van der Waals surface area contributed by atoms with Crippen LogP contribution in [-0.4, -0.2) is 307 Å². The minimum absolute atomic E-state index is 0.972. The van der Waals surface area contributed by atoms with E-state index in [0.717, 1.165) is 14.2 Å². The maximum atomic E-state index is 11.3. The average molecular weight is 973 g/mol. The fourth-order valence-corrected chi connectivity index (χ4v) is 8.77. The lowest BCUT2D eigenvalue weighted by atomic mass is 9.95. The van der Waals surface area contributed by atoms with Crippen LogP contribution in [0, 0.1) is 0 Å². The molecule has 30 heteroatoms. The largest absolute Gasteiger partial charge is 0.394 e. The molecule has 0 aliphatic carbocycles. The highest BCUT2D eigenvalue weighted by Gasteiger charge is 2.59. The molecule has 0 aromatic carbocycles. The van der Waals surface area contributed by atoms with Gasteiger partial charge in [0.2, 0.25) is 0 Å². The van der Waals surface area contributed by atoms with E-state index < -0.39 is 211 Å². The Hall–Kier alpha value is -1.20. The quantitative estimate of drug-likeness (QED) is 0.117. The smallest absolute Gasteiger partial charge is 0.189 e. The van der Waals surface area contributed by atoms with Gasteiger partial charge in [-0.25, -0.2) is 0 Å². The molecule has 0 amide bonds. The van der Waals surface area contributed by atoms with Crippen LogP contribution in [0.25, 0.3) is 0 Å². The summed E-state index contributed by atoms with van der Waals surface area (Å²) in [6.07, 6.45) is -57.6. The van der Waals surface area contributed by atoms with Gasteiger partial charge in [-0.05, 0) is 0 Å². The lowest BCUT2D eigenvalue weighted by Gasteiger charge is -2.50. The highest BCUT2D eigenvalue weighted by atomic mass is 16.8. The summed E-state index contributed by atoms with van der Waals surface area (Å²) in [7, 11) is 2.15. The molecule has 384 valence electrons. The lowest BCUT2D eigenvalue weighted by molar-refractivity contribution is -0.424. The second-order valence-electron chi connectivity index (χ2n) is 16.6. The third-order valence-electron chi connectivity index (χ3n) is 12.5. The van der Waals surface area contributed by atoms with E-state index in [2.05, 4.69) is 0 Å². The molecule has 0 aromatic heterocycles. The Morgan fingerprint density at radius 1 is 0.258 bits per heavy atom. The second-order valence-corrected chi connectivity index (χ2v) is 16.6. The maximum Gasteiger partial charge on any atom is 0.189 e. The number of rotatable bonds is 6. The summed E-state index contributed by atoms with van der Waals surface area (Å²) in [6.45, 7) is -3.92. The SMILES string of the molecule is COC1O[C@@H]2O[C@@H]3C(OC)O[C@H](O[C@@H]4C(CO)O[C@H](O[C@@H]5C(CO)O[C@H](O[C@@H]6C(CO)O[C@H](O[C@@H]7C(CO)O[C@H](O[C@H]1[C@H](O)C2O)C(O)[C@H]7O)C(O)[C@H]6O)C(O)[C@H]5O)C(O)[C@H]4O)C(O)[C@H]3O. The Labute approximate surface area is 373 Å². The first kappa shape index (κ1) is 52.6. The van der Waals surface area contributed by atoms with Crippen LogP contribution in [0.3, 0.4) is 0 Å². The summed E-state index contributed by atoms with van der Waals surface area (Å²) >= 11 is 0. The van der Waals surface area contributed by atoms with Crippen molar-refractivity contribution in [3.63, 3.8) is 0 Å². The predicted molar refractivity (Wildman–Crippen MR) is 196 cm³/mol. The topological polar surface area (TPSA) is 453 Å². The van der Waals surface area contributed by atoms with Gasteiger partial charge in [-0.15, -0.1) is 0 Å². The predicted octanol–water partition coefficient (Wildman–Crippen LogP) is -11.8. The molecule has 22 aliphatic heterocycles. The standard InChI is InChI=1S/C36H60O30/c1-53-35-27-16(46)22(52)34(66-35)64-28-15(45)21(51)33(65-36(28)54-2)62-26-10(6-40)57-31(19(49)13(26)43)60-24-8(4-38)55-29(17(47)11(24)41)59-23-7(3-37)56-30(18(48)12(23)42)61-25-9(5-39)58-32(63-27)20(50)14(25)44/h7-52H,3-6H2,1-2H3/t7?,8?,9?,10?,11-,12-,13-,14-,15-,16-,17?,18?,19?,20?,21?,22?,23-,24-,25-,26-,27+,28+,29-,30-,31-,32-,33+,34+,35?,36?/m1/s1. The van der Waals surface area contributed by atoms with Crippen LogP contribution in [0.2, 0.25) is 0 Å². The highest BCUT2D eigenvalue weighted by Crippen LogP contribution is 2.38. The van der Waals surface area contributed by atoms with Gasteiger partial charge in [0.1, 0.15) is 134 Å². The highest BCUT2D eigenvalue weighted by molar-refractivity contribution is 5.00. The molecule has 30 atom stereocenters. The fraction of sp³-hybridized carbons (Fsp3) is 1.00. The zero-order valence-electron chi connectivity index (χ0n) is 35.0. The van der Waals surface area contributed by atoms with Gasteiger partial charge >= 0.3 is 0 Å². The molecular weight excluding hydrogens is 912 g/mol. The molecule has 0 radical (unpaired) electrons. The van der Waals surface area contributed by atoms with Crippen molar-refractivity contribution in [1.82, 2.24) is 0 Å². The van der Waals surface area contributed by atoms with Gasteiger partial charge in [0.15, 0.2) is 50.3 Å². The van der Waals surface area contributed by atoms with Crippen molar-refractivity contribution in [2.75, 3.05) is 40.6 Å². The molecule has 30 nitrogen and oxygen atoms in total. The number of methoxy groups -OCH3 is 2. The van der Waals surface area contributed by atoms with Gasteiger partial charge in [-0.1, -0.05) is 0 Å².